The van der Waals surface area contributed by atoms with Gasteiger partial charge in [-0.25, -0.2) is 13.4 Å². The van der Waals surface area contributed by atoms with Crippen LogP contribution in [0.2, 0.25) is 0 Å². The summed E-state index contributed by atoms with van der Waals surface area (Å²) in [6.45, 7) is 3.29. The highest BCUT2D eigenvalue weighted by atomic mass is 32.2. The van der Waals surface area contributed by atoms with Gasteiger partial charge < -0.3 is 9.80 Å². The van der Waals surface area contributed by atoms with Crippen LogP contribution in [-0.2, 0) is 10.0 Å². The molecule has 2 aromatic rings. The summed E-state index contributed by atoms with van der Waals surface area (Å²) >= 11 is 0. The zero-order valence-electron chi connectivity index (χ0n) is 16.6. The molecule has 0 unspecified atom stereocenters. The molecule has 0 radical (unpaired) electrons. The molecule has 4 rings (SSSR count). The molecule has 30 heavy (non-hydrogen) atoms. The average molecular weight is 426 g/mol. The van der Waals surface area contributed by atoms with Gasteiger partial charge in [0.05, 0.1) is 10.5 Å². The second-order valence-corrected chi connectivity index (χ2v) is 9.34. The summed E-state index contributed by atoms with van der Waals surface area (Å²) in [5, 5.41) is 9.26. The summed E-state index contributed by atoms with van der Waals surface area (Å²) in [6, 6.07) is 11.8. The van der Waals surface area contributed by atoms with Crippen molar-refractivity contribution in [3.8, 4) is 6.07 Å². The van der Waals surface area contributed by atoms with E-state index < -0.39 is 10.0 Å². The lowest BCUT2D eigenvalue weighted by atomic mass is 10.1. The number of nitrogens with zero attached hydrogens (tertiary/aromatic N) is 5. The zero-order chi connectivity index (χ0) is 21.1. The minimum absolute atomic E-state index is 0.124. The molecule has 1 aromatic heterocycles. The molecule has 0 saturated carbocycles. The van der Waals surface area contributed by atoms with E-state index in [4.69, 9.17) is 0 Å². The molecule has 3 heterocycles. The third-order valence-electron chi connectivity index (χ3n) is 5.58. The highest BCUT2D eigenvalue weighted by Crippen LogP contribution is 2.22. The van der Waals surface area contributed by atoms with Gasteiger partial charge in [0, 0.05) is 51.0 Å². The van der Waals surface area contributed by atoms with E-state index in [0.717, 1.165) is 12.8 Å². The van der Waals surface area contributed by atoms with E-state index in [9.17, 15) is 18.5 Å². The van der Waals surface area contributed by atoms with Crippen molar-refractivity contribution < 1.29 is 13.2 Å². The molecular formula is C21H23N5O3S. The fraction of sp³-hybridized carbons (Fsp3) is 0.381. The van der Waals surface area contributed by atoms with Crippen LogP contribution in [0.5, 0.6) is 0 Å². The van der Waals surface area contributed by atoms with Gasteiger partial charge in [-0.2, -0.15) is 9.57 Å². The van der Waals surface area contributed by atoms with E-state index in [2.05, 4.69) is 11.1 Å². The molecule has 2 saturated heterocycles. The van der Waals surface area contributed by atoms with Gasteiger partial charge in [-0.3, -0.25) is 4.79 Å². The summed E-state index contributed by atoms with van der Waals surface area (Å²) in [5.41, 5.74) is 0.992. The minimum atomic E-state index is -3.48. The van der Waals surface area contributed by atoms with Gasteiger partial charge in [0.2, 0.25) is 10.0 Å². The second kappa shape index (κ2) is 8.42. The number of hydrogen-bond acceptors (Lipinski definition) is 6. The van der Waals surface area contributed by atoms with Crippen molar-refractivity contribution >= 4 is 21.7 Å². The first kappa shape index (κ1) is 20.3. The number of carbonyl (C=O) groups is 1. The van der Waals surface area contributed by atoms with Crippen molar-refractivity contribution in [2.45, 2.75) is 17.7 Å². The predicted molar refractivity (Wildman–Crippen MR) is 112 cm³/mol. The average Bonchev–Trinajstić information content (AvgIpc) is 3.35. The van der Waals surface area contributed by atoms with Crippen LogP contribution in [0.15, 0.2) is 47.5 Å². The number of rotatable bonds is 4. The number of nitriles is 1. The number of piperazine rings is 1. The van der Waals surface area contributed by atoms with E-state index >= 15 is 0 Å². The number of hydrogen-bond donors (Lipinski definition) is 0. The summed E-state index contributed by atoms with van der Waals surface area (Å²) < 4.78 is 26.8. The normalized spacial score (nSPS) is 17.7. The van der Waals surface area contributed by atoms with Gasteiger partial charge in [0.1, 0.15) is 11.9 Å². The first-order chi connectivity index (χ1) is 14.5. The molecule has 0 bridgehead atoms. The zero-order valence-corrected chi connectivity index (χ0v) is 17.4. The molecule has 2 fully saturated rings. The Morgan fingerprint density at radius 1 is 0.967 bits per heavy atom. The van der Waals surface area contributed by atoms with Crippen LogP contribution in [0.1, 0.15) is 28.8 Å². The molecule has 1 amide bonds. The van der Waals surface area contributed by atoms with E-state index in [-0.39, 0.29) is 10.8 Å². The van der Waals surface area contributed by atoms with Crippen LogP contribution in [0, 0.1) is 11.3 Å². The van der Waals surface area contributed by atoms with Gasteiger partial charge in [-0.1, -0.05) is 0 Å². The monoisotopic (exact) mass is 425 g/mol. The van der Waals surface area contributed by atoms with Crippen molar-refractivity contribution in [1.29, 1.82) is 5.26 Å². The maximum Gasteiger partial charge on any atom is 0.253 e. The van der Waals surface area contributed by atoms with Crippen LogP contribution in [0.4, 0.5) is 5.82 Å². The van der Waals surface area contributed by atoms with Gasteiger partial charge in [-0.15, -0.1) is 0 Å². The Bertz CT molecular complexity index is 1060. The molecule has 1 aromatic carbocycles. The van der Waals surface area contributed by atoms with Crippen LogP contribution in [0.3, 0.4) is 0 Å². The number of carbonyl (C=O) groups excluding carboxylic acids is 1. The number of pyridine rings is 1. The number of amides is 1. The molecule has 0 spiro atoms. The first-order valence-electron chi connectivity index (χ1n) is 10.0. The Morgan fingerprint density at radius 3 is 2.27 bits per heavy atom. The lowest BCUT2D eigenvalue weighted by Gasteiger charge is -2.35. The Kier molecular flexibility index (Phi) is 5.70. The maximum absolute atomic E-state index is 12.9. The Hall–Kier alpha value is -2.96. The molecule has 2 aliphatic heterocycles. The molecule has 0 atom stereocenters. The fourth-order valence-electron chi connectivity index (χ4n) is 3.89. The molecule has 0 N–H and O–H groups in total. The summed E-state index contributed by atoms with van der Waals surface area (Å²) in [6.07, 6.45) is 3.43. The van der Waals surface area contributed by atoms with Crippen LogP contribution >= 0.6 is 0 Å². The molecule has 8 nitrogen and oxygen atoms in total. The largest absolute Gasteiger partial charge is 0.352 e. The van der Waals surface area contributed by atoms with Crippen molar-refractivity contribution in [2.24, 2.45) is 0 Å². The van der Waals surface area contributed by atoms with E-state index in [0.29, 0.717) is 56.2 Å². The highest BCUT2D eigenvalue weighted by molar-refractivity contribution is 7.89. The van der Waals surface area contributed by atoms with Crippen molar-refractivity contribution in [3.05, 3.63) is 53.7 Å². The lowest BCUT2D eigenvalue weighted by molar-refractivity contribution is 0.0746. The number of sulfonamides is 1. The molecule has 2 aliphatic rings. The van der Waals surface area contributed by atoms with Gasteiger partial charge in [-0.05, 0) is 49.2 Å². The minimum Gasteiger partial charge on any atom is -0.352 e. The SMILES string of the molecule is N#Cc1cccnc1N1CCN(C(=O)c2ccc(S(=O)(=O)N3CCCC3)cc2)CC1. The highest BCUT2D eigenvalue weighted by Gasteiger charge is 2.28. The second-order valence-electron chi connectivity index (χ2n) is 7.40. The van der Waals surface area contributed by atoms with Crippen molar-refractivity contribution in [1.82, 2.24) is 14.2 Å². The molecule has 9 heteroatoms. The Balaban J connectivity index is 1.41. The maximum atomic E-state index is 12.9. The van der Waals surface area contributed by atoms with Crippen molar-refractivity contribution in [3.63, 3.8) is 0 Å². The summed E-state index contributed by atoms with van der Waals surface area (Å²) in [7, 11) is -3.48. The van der Waals surface area contributed by atoms with Crippen molar-refractivity contribution in [2.75, 3.05) is 44.2 Å². The molecule has 0 aliphatic carbocycles. The fourth-order valence-corrected chi connectivity index (χ4v) is 5.40. The van der Waals surface area contributed by atoms with Crippen LogP contribution in [-0.4, -0.2) is 67.8 Å². The summed E-state index contributed by atoms with van der Waals surface area (Å²) in [4.78, 5) is 21.1. The third-order valence-corrected chi connectivity index (χ3v) is 7.49. The van der Waals surface area contributed by atoms with Crippen LogP contribution in [0.25, 0.3) is 0 Å². The molecule has 156 valence electrons. The van der Waals surface area contributed by atoms with Gasteiger partial charge in [0.15, 0.2) is 0 Å². The van der Waals surface area contributed by atoms with E-state index in [1.54, 1.807) is 35.4 Å². The number of benzene rings is 1. The van der Waals surface area contributed by atoms with Gasteiger partial charge in [0.25, 0.3) is 5.91 Å². The van der Waals surface area contributed by atoms with Gasteiger partial charge >= 0.3 is 0 Å². The summed E-state index contributed by atoms with van der Waals surface area (Å²) in [5.74, 6) is 0.518. The quantitative estimate of drug-likeness (QED) is 0.740. The standard InChI is InChI=1S/C21H23N5O3S/c22-16-18-4-3-9-23-20(18)24-12-14-25(15-13-24)21(27)17-5-7-19(8-6-17)30(28,29)26-10-1-2-11-26/h3-9H,1-2,10-15H2. The van der Waals surface area contributed by atoms with E-state index in [1.165, 1.54) is 16.4 Å². The smallest absolute Gasteiger partial charge is 0.253 e. The lowest BCUT2D eigenvalue weighted by Crippen LogP contribution is -2.49. The Labute approximate surface area is 176 Å². The number of anilines is 1. The first-order valence-corrected chi connectivity index (χ1v) is 11.4. The van der Waals surface area contributed by atoms with E-state index in [1.807, 2.05) is 4.90 Å². The number of aromatic nitrogens is 1. The third kappa shape index (κ3) is 3.88. The molecular weight excluding hydrogens is 402 g/mol. The topological polar surface area (TPSA) is 97.6 Å². The van der Waals surface area contributed by atoms with Crippen LogP contribution < -0.4 is 4.90 Å². The Morgan fingerprint density at radius 2 is 1.63 bits per heavy atom. The predicted octanol–water partition coefficient (Wildman–Crippen LogP) is 1.70.